The van der Waals surface area contributed by atoms with Crippen LogP contribution in [0.25, 0.3) is 11.1 Å². The van der Waals surface area contributed by atoms with E-state index in [4.69, 9.17) is 9.47 Å². The zero-order valence-corrected chi connectivity index (χ0v) is 22.0. The monoisotopic (exact) mass is 507 g/mol. The number of hydrogen-bond acceptors (Lipinski definition) is 6. The van der Waals surface area contributed by atoms with Crippen LogP contribution in [-0.4, -0.2) is 71.3 Å². The molecule has 2 atom stereocenters. The number of amides is 1. The largest absolute Gasteiger partial charge is 0.478 e. The molecule has 0 radical (unpaired) electrons. The van der Waals surface area contributed by atoms with Crippen LogP contribution in [0.1, 0.15) is 43.0 Å². The van der Waals surface area contributed by atoms with E-state index in [-0.39, 0.29) is 18.1 Å². The highest BCUT2D eigenvalue weighted by Crippen LogP contribution is 2.29. The average Bonchev–Trinajstić information content (AvgIpc) is 2.95. The van der Waals surface area contributed by atoms with E-state index in [1.165, 1.54) is 5.56 Å². The number of carbonyl (C=O) groups is 2. The number of hydrogen-bond donors (Lipinski definition) is 1. The van der Waals surface area contributed by atoms with Crippen LogP contribution in [0.3, 0.4) is 0 Å². The molecule has 37 heavy (non-hydrogen) atoms. The molecular weight excluding hydrogens is 470 g/mol. The minimum Gasteiger partial charge on any atom is -0.478 e. The van der Waals surface area contributed by atoms with Crippen LogP contribution >= 0.6 is 0 Å². The number of cyclic esters (lactones) is 1. The van der Waals surface area contributed by atoms with Crippen LogP contribution < -0.4 is 0 Å². The molecule has 8 heteroatoms. The molecule has 1 aromatic carbocycles. The number of nitrogens with zero attached hydrogens (tertiary/aromatic N) is 3. The molecule has 0 saturated carbocycles. The second kappa shape index (κ2) is 12.3. The van der Waals surface area contributed by atoms with Gasteiger partial charge in [-0.15, -0.1) is 0 Å². The number of carbonyl (C=O) groups excluding carboxylic acids is 1. The van der Waals surface area contributed by atoms with E-state index in [9.17, 15) is 14.7 Å². The van der Waals surface area contributed by atoms with Crippen LogP contribution in [-0.2, 0) is 27.4 Å². The molecule has 1 fully saturated rings. The van der Waals surface area contributed by atoms with Crippen LogP contribution in [0, 0.1) is 12.8 Å². The fourth-order valence-electron chi connectivity index (χ4n) is 5.34. The average molecular weight is 508 g/mol. The Kier molecular flexibility index (Phi) is 8.95. The summed E-state index contributed by atoms with van der Waals surface area (Å²) in [7, 11) is 1.71. The van der Waals surface area contributed by atoms with Crippen molar-refractivity contribution in [3.05, 3.63) is 65.0 Å². The van der Waals surface area contributed by atoms with Gasteiger partial charge in [-0.3, -0.25) is 9.88 Å². The third kappa shape index (κ3) is 6.76. The summed E-state index contributed by atoms with van der Waals surface area (Å²) in [5.41, 5.74) is 5.92. The number of carboxylic acid groups (broad SMARTS) is 1. The van der Waals surface area contributed by atoms with Crippen molar-refractivity contribution in [2.24, 2.45) is 5.92 Å². The van der Waals surface area contributed by atoms with Gasteiger partial charge in [0.05, 0.1) is 6.61 Å². The summed E-state index contributed by atoms with van der Waals surface area (Å²) in [5, 5.41) is 9.37. The third-order valence-corrected chi connectivity index (χ3v) is 7.29. The van der Waals surface area contributed by atoms with Crippen LogP contribution in [0.15, 0.2) is 48.2 Å². The normalized spacial score (nSPS) is 21.4. The number of benzene rings is 1. The molecule has 2 aromatic rings. The molecule has 1 N–H and O–H groups in total. The Morgan fingerprint density at radius 2 is 2.05 bits per heavy atom. The Morgan fingerprint density at radius 3 is 2.76 bits per heavy atom. The molecule has 1 aliphatic heterocycles. The molecule has 0 spiro atoms. The van der Waals surface area contributed by atoms with Crippen LogP contribution in [0.2, 0.25) is 0 Å². The number of pyridine rings is 1. The van der Waals surface area contributed by atoms with Gasteiger partial charge in [0, 0.05) is 62.4 Å². The quantitative estimate of drug-likeness (QED) is 0.583. The Bertz CT molecular complexity index is 1130. The number of aromatic nitrogens is 1. The second-order valence-electron chi connectivity index (χ2n) is 10.0. The van der Waals surface area contributed by atoms with Crippen molar-refractivity contribution in [1.82, 2.24) is 14.8 Å². The van der Waals surface area contributed by atoms with Crippen molar-refractivity contribution in [3.8, 4) is 11.1 Å². The van der Waals surface area contributed by atoms with Gasteiger partial charge >= 0.3 is 12.1 Å². The molecule has 2 aliphatic rings. The highest BCUT2D eigenvalue weighted by Gasteiger charge is 2.32. The van der Waals surface area contributed by atoms with Gasteiger partial charge in [0.1, 0.15) is 6.61 Å². The smallest absolute Gasteiger partial charge is 0.410 e. The van der Waals surface area contributed by atoms with Gasteiger partial charge in [-0.25, -0.2) is 9.59 Å². The molecule has 0 bridgehead atoms. The number of carboxylic acids is 1. The molecule has 198 valence electrons. The number of aryl methyl sites for hydroxylation is 1. The summed E-state index contributed by atoms with van der Waals surface area (Å²) in [6.07, 6.45) is 5.38. The predicted octanol–water partition coefficient (Wildman–Crippen LogP) is 4.66. The van der Waals surface area contributed by atoms with E-state index in [1.54, 1.807) is 18.1 Å². The minimum absolute atomic E-state index is 0.0300. The maximum Gasteiger partial charge on any atom is 0.410 e. The van der Waals surface area contributed by atoms with E-state index >= 15 is 0 Å². The lowest BCUT2D eigenvalue weighted by atomic mass is 9.85. The van der Waals surface area contributed by atoms with Crippen molar-refractivity contribution >= 4 is 12.1 Å². The molecule has 1 aromatic heterocycles. The lowest BCUT2D eigenvalue weighted by Gasteiger charge is -2.34. The zero-order chi connectivity index (χ0) is 26.4. The predicted molar refractivity (Wildman–Crippen MR) is 141 cm³/mol. The number of ether oxygens (including phenoxy) is 2. The van der Waals surface area contributed by atoms with Gasteiger partial charge in [0.25, 0.3) is 0 Å². The molecule has 1 saturated heterocycles. The Labute approximate surface area is 218 Å². The number of methoxy groups -OCH3 is 1. The first kappa shape index (κ1) is 26.8. The summed E-state index contributed by atoms with van der Waals surface area (Å²) < 4.78 is 11.1. The zero-order valence-electron chi connectivity index (χ0n) is 22.0. The Morgan fingerprint density at radius 1 is 1.22 bits per heavy atom. The van der Waals surface area contributed by atoms with Crippen LogP contribution in [0.5, 0.6) is 0 Å². The summed E-state index contributed by atoms with van der Waals surface area (Å²) in [4.78, 5) is 32.8. The van der Waals surface area contributed by atoms with Crippen molar-refractivity contribution in [3.63, 3.8) is 0 Å². The highest BCUT2D eigenvalue weighted by atomic mass is 16.6. The third-order valence-electron chi connectivity index (χ3n) is 7.29. The topological polar surface area (TPSA) is 92.2 Å². The summed E-state index contributed by atoms with van der Waals surface area (Å²) in [5.74, 6) is -0.959. The standard InChI is InChI=1S/C29H37N3O5/c1-20-15-25(8-10-26(20)28(33)34)32-12-4-11-31(13-14-37-29(32)35)18-22-6-9-27(24(16-22)19-36-3)23-7-5-21(2)30-17-23/h5-7,9-10,16-17,20,25H,4,8,11-15,18-19H2,1-3H3,(H,33,34). The lowest BCUT2D eigenvalue weighted by molar-refractivity contribution is -0.133. The van der Waals surface area contributed by atoms with Crippen molar-refractivity contribution < 1.29 is 24.2 Å². The van der Waals surface area contributed by atoms with Gasteiger partial charge < -0.3 is 19.5 Å². The first-order chi connectivity index (χ1) is 17.9. The van der Waals surface area contributed by atoms with Gasteiger partial charge in [-0.2, -0.15) is 0 Å². The Balaban J connectivity index is 1.42. The maximum atomic E-state index is 12.8. The molecule has 2 unspecified atom stereocenters. The van der Waals surface area contributed by atoms with E-state index in [0.29, 0.717) is 44.7 Å². The maximum absolute atomic E-state index is 12.8. The van der Waals surface area contributed by atoms with E-state index in [0.717, 1.165) is 41.9 Å². The summed E-state index contributed by atoms with van der Waals surface area (Å²) in [6.45, 7) is 7.58. The van der Waals surface area contributed by atoms with E-state index in [1.807, 2.05) is 26.1 Å². The van der Waals surface area contributed by atoms with Gasteiger partial charge in [0.2, 0.25) is 0 Å². The van der Waals surface area contributed by atoms with E-state index < -0.39 is 5.97 Å². The van der Waals surface area contributed by atoms with Crippen molar-refractivity contribution in [2.75, 3.05) is 33.4 Å². The van der Waals surface area contributed by atoms with Gasteiger partial charge in [-0.05, 0) is 54.9 Å². The van der Waals surface area contributed by atoms with Crippen molar-refractivity contribution in [2.45, 2.75) is 52.3 Å². The van der Waals surface area contributed by atoms with Crippen LogP contribution in [0.4, 0.5) is 4.79 Å². The van der Waals surface area contributed by atoms with Crippen molar-refractivity contribution in [1.29, 1.82) is 0 Å². The van der Waals surface area contributed by atoms with E-state index in [2.05, 4.69) is 34.1 Å². The summed E-state index contributed by atoms with van der Waals surface area (Å²) >= 11 is 0. The number of rotatable bonds is 7. The SMILES string of the molecule is COCc1cc(CN2CCCN(C3CC=C(C(=O)O)C(C)C3)C(=O)OCC2)ccc1-c1ccc(C)nc1. The number of aliphatic carboxylic acids is 1. The first-order valence-electron chi connectivity index (χ1n) is 13.0. The molecule has 1 amide bonds. The second-order valence-corrected chi connectivity index (χ2v) is 10.0. The first-order valence-corrected chi connectivity index (χ1v) is 13.0. The highest BCUT2D eigenvalue weighted by molar-refractivity contribution is 5.87. The molecule has 1 aliphatic carbocycles. The lowest BCUT2D eigenvalue weighted by Crippen LogP contribution is -2.43. The molecule has 2 heterocycles. The fraction of sp³-hybridized carbons (Fsp3) is 0.483. The fourth-order valence-corrected chi connectivity index (χ4v) is 5.34. The van der Waals surface area contributed by atoms with Gasteiger partial charge in [-0.1, -0.05) is 37.3 Å². The summed E-state index contributed by atoms with van der Waals surface area (Å²) in [6, 6.07) is 10.6. The minimum atomic E-state index is -0.870. The molecule has 4 rings (SSSR count). The Hall–Kier alpha value is -3.23. The van der Waals surface area contributed by atoms with Gasteiger partial charge in [0.15, 0.2) is 0 Å². The molecule has 8 nitrogen and oxygen atoms in total. The molecular formula is C29H37N3O5.